The lowest BCUT2D eigenvalue weighted by atomic mass is 10.1. The first-order valence-corrected chi connectivity index (χ1v) is 7.97. The molecule has 0 aliphatic carbocycles. The van der Waals surface area contributed by atoms with E-state index in [2.05, 4.69) is 25.6 Å². The molecular weight excluding hydrogens is 316 g/mol. The van der Waals surface area contributed by atoms with Gasteiger partial charge in [-0.25, -0.2) is 4.68 Å². The molecule has 25 heavy (non-hydrogen) atoms. The number of carbonyl (C=O) groups excluding carboxylic acids is 1. The molecule has 1 amide bonds. The Labute approximate surface area is 146 Å². The lowest BCUT2D eigenvalue weighted by molar-refractivity contribution is 0.0914. The molecule has 3 aromatic heterocycles. The molecule has 7 nitrogen and oxygen atoms in total. The molecule has 0 spiro atoms. The van der Waals surface area contributed by atoms with E-state index in [4.69, 9.17) is 0 Å². The normalized spacial score (nSPS) is 11.4. The Morgan fingerprint density at radius 1 is 1.20 bits per heavy atom. The Kier molecular flexibility index (Phi) is 4.31. The molecule has 0 saturated heterocycles. The minimum absolute atomic E-state index is 0.247. The Morgan fingerprint density at radius 2 is 2.00 bits per heavy atom. The van der Waals surface area contributed by atoms with Crippen molar-refractivity contribution in [2.24, 2.45) is 0 Å². The largest absolute Gasteiger partial charge is 0.346 e. The summed E-state index contributed by atoms with van der Waals surface area (Å²) in [6.45, 7) is 7.74. The van der Waals surface area contributed by atoms with Crippen LogP contribution in [0.5, 0.6) is 0 Å². The maximum atomic E-state index is 12.5. The van der Waals surface area contributed by atoms with Crippen LogP contribution in [0.2, 0.25) is 0 Å². The fourth-order valence-corrected chi connectivity index (χ4v) is 2.28. The van der Waals surface area contributed by atoms with Crippen molar-refractivity contribution in [1.82, 2.24) is 30.3 Å². The lowest BCUT2D eigenvalue weighted by Gasteiger charge is -2.19. The summed E-state index contributed by atoms with van der Waals surface area (Å²) in [6.07, 6.45) is 3.36. The summed E-state index contributed by atoms with van der Waals surface area (Å²) in [5.41, 5.74) is 2.39. The van der Waals surface area contributed by atoms with E-state index in [1.807, 2.05) is 39.8 Å². The van der Waals surface area contributed by atoms with Crippen LogP contribution in [0.4, 0.5) is 0 Å². The Bertz CT molecular complexity index is 878. The summed E-state index contributed by atoms with van der Waals surface area (Å²) in [7, 11) is 0. The van der Waals surface area contributed by atoms with Gasteiger partial charge >= 0.3 is 0 Å². The van der Waals surface area contributed by atoms with Crippen LogP contribution in [0.3, 0.4) is 0 Å². The summed E-state index contributed by atoms with van der Waals surface area (Å²) in [5.74, 6) is 0.276. The van der Waals surface area contributed by atoms with Gasteiger partial charge in [0.2, 0.25) is 0 Å². The van der Waals surface area contributed by atoms with Crippen molar-refractivity contribution in [3.63, 3.8) is 0 Å². The molecule has 3 heterocycles. The standard InChI is InChI=1S/C18H20N6O/c1-12-7-8-13(19-11-12)15-10-14(17(25)21-18(2,3)4)23-24(15)16-6-5-9-20-22-16/h5-11H,1-4H3,(H,21,25). The molecule has 0 fully saturated rings. The van der Waals surface area contributed by atoms with Gasteiger partial charge < -0.3 is 5.32 Å². The average Bonchev–Trinajstić information content (AvgIpc) is 3.00. The second-order valence-corrected chi connectivity index (χ2v) is 6.83. The van der Waals surface area contributed by atoms with Gasteiger partial charge in [0.05, 0.1) is 11.4 Å². The van der Waals surface area contributed by atoms with Gasteiger partial charge in [0.1, 0.15) is 0 Å². The van der Waals surface area contributed by atoms with E-state index in [0.29, 0.717) is 22.9 Å². The third-order valence-electron chi connectivity index (χ3n) is 3.38. The van der Waals surface area contributed by atoms with E-state index in [9.17, 15) is 4.79 Å². The number of aromatic nitrogens is 5. The number of nitrogens with one attached hydrogen (secondary N) is 1. The van der Waals surface area contributed by atoms with E-state index in [0.717, 1.165) is 5.56 Å². The summed E-state index contributed by atoms with van der Waals surface area (Å²) < 4.78 is 1.59. The third-order valence-corrected chi connectivity index (χ3v) is 3.38. The number of nitrogens with zero attached hydrogens (tertiary/aromatic N) is 5. The van der Waals surface area contributed by atoms with Crippen molar-refractivity contribution in [2.75, 3.05) is 0 Å². The highest BCUT2D eigenvalue weighted by Gasteiger charge is 2.21. The zero-order valence-electron chi connectivity index (χ0n) is 14.7. The minimum atomic E-state index is -0.351. The van der Waals surface area contributed by atoms with E-state index in [-0.39, 0.29) is 11.4 Å². The maximum absolute atomic E-state index is 12.5. The molecule has 0 atom stereocenters. The van der Waals surface area contributed by atoms with Crippen LogP contribution in [0.1, 0.15) is 36.8 Å². The summed E-state index contributed by atoms with van der Waals surface area (Å²) >= 11 is 0. The predicted molar refractivity (Wildman–Crippen MR) is 94.3 cm³/mol. The van der Waals surface area contributed by atoms with Crippen LogP contribution >= 0.6 is 0 Å². The molecule has 0 aliphatic rings. The lowest BCUT2D eigenvalue weighted by Crippen LogP contribution is -2.40. The van der Waals surface area contributed by atoms with Gasteiger partial charge in [-0.1, -0.05) is 6.07 Å². The SMILES string of the molecule is Cc1ccc(-c2cc(C(=O)NC(C)(C)C)nn2-c2cccnn2)nc1. The second kappa shape index (κ2) is 6.43. The predicted octanol–water partition coefficient (Wildman–Crippen LogP) is 2.56. The molecule has 0 aliphatic heterocycles. The first-order chi connectivity index (χ1) is 11.8. The Morgan fingerprint density at radius 3 is 2.60 bits per heavy atom. The van der Waals surface area contributed by atoms with E-state index in [1.165, 1.54) is 0 Å². The molecule has 0 unspecified atom stereocenters. The molecule has 7 heteroatoms. The average molecular weight is 336 g/mol. The zero-order chi connectivity index (χ0) is 18.0. The number of carbonyl (C=O) groups is 1. The van der Waals surface area contributed by atoms with Crippen molar-refractivity contribution >= 4 is 5.91 Å². The maximum Gasteiger partial charge on any atom is 0.272 e. The minimum Gasteiger partial charge on any atom is -0.346 e. The smallest absolute Gasteiger partial charge is 0.272 e. The molecule has 0 bridgehead atoms. The summed E-state index contributed by atoms with van der Waals surface area (Å²) in [4.78, 5) is 16.9. The second-order valence-electron chi connectivity index (χ2n) is 6.83. The topological polar surface area (TPSA) is 85.6 Å². The van der Waals surface area contributed by atoms with E-state index < -0.39 is 0 Å². The monoisotopic (exact) mass is 336 g/mol. The fraction of sp³-hybridized carbons (Fsp3) is 0.278. The molecule has 3 aromatic rings. The highest BCUT2D eigenvalue weighted by atomic mass is 16.2. The van der Waals surface area contributed by atoms with Crippen LogP contribution in [0.15, 0.2) is 42.7 Å². The Hall–Kier alpha value is -3.09. The van der Waals surface area contributed by atoms with Gasteiger partial charge in [-0.15, -0.1) is 5.10 Å². The zero-order valence-corrected chi connectivity index (χ0v) is 14.7. The van der Waals surface area contributed by atoms with Gasteiger partial charge in [-0.05, 0) is 57.5 Å². The van der Waals surface area contributed by atoms with E-state index >= 15 is 0 Å². The molecular formula is C18H20N6O. The van der Waals surface area contributed by atoms with Crippen LogP contribution in [-0.4, -0.2) is 36.4 Å². The van der Waals surface area contributed by atoms with Gasteiger partial charge in [-0.2, -0.15) is 10.2 Å². The number of rotatable bonds is 3. The molecule has 3 rings (SSSR count). The van der Waals surface area contributed by atoms with Crippen LogP contribution in [0.25, 0.3) is 17.2 Å². The van der Waals surface area contributed by atoms with Crippen molar-refractivity contribution in [2.45, 2.75) is 33.2 Å². The number of aryl methyl sites for hydroxylation is 1. The number of pyridine rings is 1. The van der Waals surface area contributed by atoms with Gasteiger partial charge in [0.25, 0.3) is 5.91 Å². The van der Waals surface area contributed by atoms with Gasteiger partial charge in [0, 0.05) is 17.9 Å². The van der Waals surface area contributed by atoms with E-state index in [1.54, 1.807) is 35.3 Å². The van der Waals surface area contributed by atoms with Crippen molar-refractivity contribution in [1.29, 1.82) is 0 Å². The van der Waals surface area contributed by atoms with Crippen LogP contribution in [0, 0.1) is 6.92 Å². The number of hydrogen-bond donors (Lipinski definition) is 1. The first-order valence-electron chi connectivity index (χ1n) is 7.97. The molecule has 1 N–H and O–H groups in total. The van der Waals surface area contributed by atoms with Crippen LogP contribution < -0.4 is 5.32 Å². The molecule has 128 valence electrons. The summed E-state index contributed by atoms with van der Waals surface area (Å²) in [6, 6.07) is 9.12. The highest BCUT2D eigenvalue weighted by molar-refractivity contribution is 5.93. The van der Waals surface area contributed by atoms with Crippen LogP contribution in [-0.2, 0) is 0 Å². The number of amides is 1. The van der Waals surface area contributed by atoms with Crippen molar-refractivity contribution in [3.05, 3.63) is 54.0 Å². The van der Waals surface area contributed by atoms with Crippen molar-refractivity contribution in [3.8, 4) is 17.2 Å². The molecule has 0 saturated carbocycles. The van der Waals surface area contributed by atoms with Crippen molar-refractivity contribution < 1.29 is 4.79 Å². The fourth-order valence-electron chi connectivity index (χ4n) is 2.28. The van der Waals surface area contributed by atoms with Gasteiger partial charge in [0.15, 0.2) is 11.5 Å². The summed E-state index contributed by atoms with van der Waals surface area (Å²) in [5, 5.41) is 15.3. The highest BCUT2D eigenvalue weighted by Crippen LogP contribution is 2.22. The Balaban J connectivity index is 2.09. The molecule has 0 aromatic carbocycles. The number of hydrogen-bond acceptors (Lipinski definition) is 5. The quantitative estimate of drug-likeness (QED) is 0.794. The third kappa shape index (κ3) is 3.88. The van der Waals surface area contributed by atoms with Gasteiger partial charge in [-0.3, -0.25) is 9.78 Å². The first kappa shape index (κ1) is 16.8. The molecule has 0 radical (unpaired) electrons.